The minimum Gasteiger partial charge on any atom is -0.378 e. The monoisotopic (exact) mass is 682 g/mol. The van der Waals surface area contributed by atoms with Crippen molar-refractivity contribution in [1.82, 2.24) is 9.80 Å². The van der Waals surface area contributed by atoms with Crippen LogP contribution in [-0.4, -0.2) is 71.8 Å². The van der Waals surface area contributed by atoms with E-state index in [0.717, 1.165) is 48.5 Å². The standard InChI is InChI=1S/C42H42N4O5/c47-38(28-45-39(48)36-12-6-7-13-37(36)40(45)49)46(27-29-8-2-1-3-9-29)42(19-18-32-24-30-10-4-5-11-31(30)25-33(32)26-42)41(50)43-34-14-16-35(17-15-34)44-20-22-51-23-21-44/h1-17,32-33H,18-28H2,(H,43,50)/t32-,33+,42+/m1/s1. The summed E-state index contributed by atoms with van der Waals surface area (Å²) in [6.07, 6.45) is 3.49. The van der Waals surface area contributed by atoms with Crippen molar-refractivity contribution in [1.29, 1.82) is 0 Å². The summed E-state index contributed by atoms with van der Waals surface area (Å²) in [5.74, 6) is -1.09. The van der Waals surface area contributed by atoms with Gasteiger partial charge in [-0.2, -0.15) is 0 Å². The van der Waals surface area contributed by atoms with E-state index in [-0.39, 0.29) is 18.4 Å². The third-order valence-corrected chi connectivity index (χ3v) is 11.4. The van der Waals surface area contributed by atoms with E-state index in [1.165, 1.54) is 11.1 Å². The van der Waals surface area contributed by atoms with Crippen LogP contribution in [0.5, 0.6) is 0 Å². The molecule has 0 bridgehead atoms. The van der Waals surface area contributed by atoms with Gasteiger partial charge in [-0.05, 0) is 97.0 Å². The summed E-state index contributed by atoms with van der Waals surface area (Å²) in [5.41, 5.74) is 4.60. The van der Waals surface area contributed by atoms with Gasteiger partial charge in [0, 0.05) is 31.0 Å². The fourth-order valence-corrected chi connectivity index (χ4v) is 8.64. The topological polar surface area (TPSA) is 99.3 Å². The first-order valence-corrected chi connectivity index (χ1v) is 18.0. The summed E-state index contributed by atoms with van der Waals surface area (Å²) in [5, 5.41) is 3.22. The molecule has 0 radical (unpaired) electrons. The van der Waals surface area contributed by atoms with E-state index in [2.05, 4.69) is 34.5 Å². The van der Waals surface area contributed by atoms with E-state index in [4.69, 9.17) is 4.74 Å². The van der Waals surface area contributed by atoms with Crippen molar-refractivity contribution in [2.75, 3.05) is 43.1 Å². The molecule has 2 fully saturated rings. The third kappa shape index (κ3) is 6.31. The second-order valence-electron chi connectivity index (χ2n) is 14.3. The van der Waals surface area contributed by atoms with Crippen molar-refractivity contribution >= 4 is 35.0 Å². The van der Waals surface area contributed by atoms with Crippen molar-refractivity contribution in [3.8, 4) is 0 Å². The van der Waals surface area contributed by atoms with Gasteiger partial charge in [0.1, 0.15) is 12.1 Å². The second kappa shape index (κ2) is 13.8. The number of carbonyl (C=O) groups is 4. The number of benzene rings is 4. The molecule has 2 aliphatic heterocycles. The van der Waals surface area contributed by atoms with Crippen LogP contribution in [0.4, 0.5) is 11.4 Å². The van der Waals surface area contributed by atoms with E-state index < -0.39 is 29.8 Å². The molecule has 260 valence electrons. The lowest BCUT2D eigenvalue weighted by molar-refractivity contribution is -0.151. The van der Waals surface area contributed by atoms with Crippen LogP contribution in [-0.2, 0) is 33.7 Å². The molecular weight excluding hydrogens is 640 g/mol. The van der Waals surface area contributed by atoms with Crippen LogP contribution >= 0.6 is 0 Å². The fraction of sp³-hybridized carbons (Fsp3) is 0.333. The highest BCUT2D eigenvalue weighted by atomic mass is 16.5. The zero-order valence-corrected chi connectivity index (χ0v) is 28.6. The Kier molecular flexibility index (Phi) is 8.90. The molecular formula is C42H42N4O5. The zero-order chi connectivity index (χ0) is 35.0. The number of morpholine rings is 1. The number of rotatable bonds is 8. The quantitative estimate of drug-likeness (QED) is 0.238. The maximum absolute atomic E-state index is 15.0. The van der Waals surface area contributed by atoms with Crippen LogP contribution < -0.4 is 10.2 Å². The van der Waals surface area contributed by atoms with Crippen LogP contribution in [0.15, 0.2) is 103 Å². The molecule has 0 aromatic heterocycles. The molecule has 1 saturated heterocycles. The second-order valence-corrected chi connectivity index (χ2v) is 14.3. The first kappa shape index (κ1) is 32.9. The summed E-state index contributed by atoms with van der Waals surface area (Å²) < 4.78 is 5.52. The molecule has 4 aromatic rings. The molecule has 3 atom stereocenters. The van der Waals surface area contributed by atoms with Crippen molar-refractivity contribution in [3.05, 3.63) is 131 Å². The molecule has 1 saturated carbocycles. The van der Waals surface area contributed by atoms with Gasteiger partial charge in [0.2, 0.25) is 11.8 Å². The zero-order valence-electron chi connectivity index (χ0n) is 28.6. The molecule has 0 spiro atoms. The van der Waals surface area contributed by atoms with Gasteiger partial charge in [-0.15, -0.1) is 0 Å². The van der Waals surface area contributed by atoms with E-state index in [0.29, 0.717) is 48.8 Å². The highest BCUT2D eigenvalue weighted by molar-refractivity contribution is 6.22. The molecule has 4 aromatic carbocycles. The Morgan fingerprint density at radius 3 is 2.04 bits per heavy atom. The van der Waals surface area contributed by atoms with Crippen LogP contribution in [0, 0.1) is 11.8 Å². The van der Waals surface area contributed by atoms with Gasteiger partial charge in [0.15, 0.2) is 0 Å². The van der Waals surface area contributed by atoms with E-state index in [1.807, 2.05) is 54.6 Å². The number of fused-ring (bicyclic) bond motifs is 3. The summed E-state index contributed by atoms with van der Waals surface area (Å²) in [6, 6.07) is 32.7. The number of amides is 4. The average Bonchev–Trinajstić information content (AvgIpc) is 3.41. The number of imide groups is 1. The minimum absolute atomic E-state index is 0.167. The smallest absolute Gasteiger partial charge is 0.262 e. The van der Waals surface area contributed by atoms with Gasteiger partial charge < -0.3 is 19.9 Å². The highest BCUT2D eigenvalue weighted by Gasteiger charge is 2.53. The number of carbonyl (C=O) groups excluding carboxylic acids is 4. The Morgan fingerprint density at radius 2 is 1.37 bits per heavy atom. The lowest BCUT2D eigenvalue weighted by Gasteiger charge is -2.51. The van der Waals surface area contributed by atoms with E-state index in [1.54, 1.807) is 29.2 Å². The van der Waals surface area contributed by atoms with Gasteiger partial charge in [-0.3, -0.25) is 24.1 Å². The van der Waals surface area contributed by atoms with Crippen molar-refractivity contribution in [2.24, 2.45) is 11.8 Å². The van der Waals surface area contributed by atoms with Gasteiger partial charge in [0.05, 0.1) is 24.3 Å². The van der Waals surface area contributed by atoms with Crippen LogP contribution in [0.25, 0.3) is 0 Å². The van der Waals surface area contributed by atoms with Gasteiger partial charge in [-0.1, -0.05) is 66.7 Å². The largest absolute Gasteiger partial charge is 0.378 e. The predicted molar refractivity (Wildman–Crippen MR) is 194 cm³/mol. The van der Waals surface area contributed by atoms with Crippen LogP contribution in [0.1, 0.15) is 56.7 Å². The lowest BCUT2D eigenvalue weighted by Crippen LogP contribution is -2.63. The maximum atomic E-state index is 15.0. The van der Waals surface area contributed by atoms with Crippen molar-refractivity contribution in [2.45, 2.75) is 44.2 Å². The normalized spacial score (nSPS) is 22.5. The molecule has 51 heavy (non-hydrogen) atoms. The Morgan fingerprint density at radius 1 is 0.765 bits per heavy atom. The van der Waals surface area contributed by atoms with Gasteiger partial charge >= 0.3 is 0 Å². The fourth-order valence-electron chi connectivity index (χ4n) is 8.64. The molecule has 9 nitrogen and oxygen atoms in total. The average molecular weight is 683 g/mol. The third-order valence-electron chi connectivity index (χ3n) is 11.4. The SMILES string of the molecule is O=C1c2ccccc2C(=O)N1CC(=O)N(Cc1ccccc1)[C@@]1(C(=O)Nc2ccc(N3CCOCC3)cc2)CC[C@@H]2Cc3ccccc3C[C@H]2C1. The lowest BCUT2D eigenvalue weighted by atomic mass is 9.62. The first-order chi connectivity index (χ1) is 24.9. The Hall–Kier alpha value is -5.28. The van der Waals surface area contributed by atoms with E-state index in [9.17, 15) is 19.2 Å². The number of nitrogens with one attached hydrogen (secondary N) is 1. The number of hydrogen-bond donors (Lipinski definition) is 1. The van der Waals surface area contributed by atoms with Gasteiger partial charge in [0.25, 0.3) is 11.8 Å². The maximum Gasteiger partial charge on any atom is 0.262 e. The number of hydrogen-bond acceptors (Lipinski definition) is 6. The molecule has 2 aliphatic carbocycles. The number of ether oxygens (including phenoxy) is 1. The molecule has 9 heteroatoms. The number of anilines is 2. The molecule has 2 heterocycles. The molecule has 8 rings (SSSR count). The van der Waals surface area contributed by atoms with Crippen molar-refractivity contribution in [3.63, 3.8) is 0 Å². The number of nitrogens with zero attached hydrogens (tertiary/aromatic N) is 3. The summed E-state index contributed by atoms with van der Waals surface area (Å²) in [6.45, 7) is 2.70. The van der Waals surface area contributed by atoms with Crippen molar-refractivity contribution < 1.29 is 23.9 Å². The van der Waals surface area contributed by atoms with Crippen LogP contribution in [0.3, 0.4) is 0 Å². The summed E-state index contributed by atoms with van der Waals surface area (Å²) >= 11 is 0. The van der Waals surface area contributed by atoms with Gasteiger partial charge in [-0.25, -0.2) is 0 Å². The predicted octanol–water partition coefficient (Wildman–Crippen LogP) is 5.74. The molecule has 4 aliphatic rings. The Labute approximate surface area is 298 Å². The molecule has 1 N–H and O–H groups in total. The summed E-state index contributed by atoms with van der Waals surface area (Å²) in [4.78, 5) is 61.6. The molecule has 0 unspecified atom stereocenters. The Bertz CT molecular complexity index is 1920. The molecule has 4 amide bonds. The first-order valence-electron chi connectivity index (χ1n) is 18.0. The summed E-state index contributed by atoms with van der Waals surface area (Å²) in [7, 11) is 0. The van der Waals surface area contributed by atoms with E-state index >= 15 is 0 Å². The van der Waals surface area contributed by atoms with Crippen LogP contribution in [0.2, 0.25) is 0 Å². The minimum atomic E-state index is -1.22. The Balaban J connectivity index is 1.14. The highest BCUT2D eigenvalue weighted by Crippen LogP contribution is 2.47.